The molecular weight excluding hydrogens is 403 g/mol. The summed E-state index contributed by atoms with van der Waals surface area (Å²) in [6.07, 6.45) is 3.64. The summed E-state index contributed by atoms with van der Waals surface area (Å²) in [7, 11) is 0. The Morgan fingerprint density at radius 3 is 2.67 bits per heavy atom. The Balaban J connectivity index is 2.45. The lowest BCUT2D eigenvalue weighted by molar-refractivity contribution is 0.258. The van der Waals surface area contributed by atoms with Gasteiger partial charge in [-0.1, -0.05) is 35.9 Å². The van der Waals surface area contributed by atoms with Gasteiger partial charge in [-0.3, -0.25) is 0 Å². The van der Waals surface area contributed by atoms with E-state index in [1.165, 1.54) is 0 Å². The smallest absolute Gasteiger partial charge is 0.136 e. The molecule has 0 radical (unpaired) electrons. The van der Waals surface area contributed by atoms with E-state index in [4.69, 9.17) is 27.9 Å². The van der Waals surface area contributed by atoms with Gasteiger partial charge in [0.25, 0.3) is 0 Å². The van der Waals surface area contributed by atoms with Crippen LogP contribution in [0.4, 0.5) is 0 Å². The number of hydrogen-bond acceptors (Lipinski definition) is 4. The highest BCUT2D eigenvalue weighted by molar-refractivity contribution is 7.90. The van der Waals surface area contributed by atoms with Gasteiger partial charge in [0.05, 0.1) is 16.1 Å². The molecule has 1 aliphatic heterocycles. The molecule has 0 aromatic heterocycles. The summed E-state index contributed by atoms with van der Waals surface area (Å²) in [6, 6.07) is 3.83. The summed E-state index contributed by atoms with van der Waals surface area (Å²) in [5.74, 6) is 0.953. The first-order valence-electron chi connectivity index (χ1n) is 9.27. The van der Waals surface area contributed by atoms with Crippen molar-refractivity contribution in [1.82, 2.24) is 10.0 Å². The van der Waals surface area contributed by atoms with E-state index in [9.17, 15) is 4.55 Å². The third-order valence-electron chi connectivity index (χ3n) is 4.67. The number of piperidine rings is 1. The molecule has 2 rings (SSSR count). The summed E-state index contributed by atoms with van der Waals surface area (Å²) in [5.41, 5.74) is 0.892. The number of ether oxygens (including phenoxy) is 1. The van der Waals surface area contributed by atoms with Gasteiger partial charge in [0, 0.05) is 29.0 Å². The Kier molecular flexibility index (Phi) is 8.34. The van der Waals surface area contributed by atoms with Crippen LogP contribution in [-0.2, 0) is 11.4 Å². The molecule has 27 heavy (non-hydrogen) atoms. The molecule has 152 valence electrons. The highest BCUT2D eigenvalue weighted by atomic mass is 35.5. The minimum atomic E-state index is -1.23. The van der Waals surface area contributed by atoms with E-state index in [0.29, 0.717) is 34.4 Å². The highest BCUT2D eigenvalue weighted by Crippen LogP contribution is 2.40. The van der Waals surface area contributed by atoms with E-state index in [1.54, 1.807) is 12.1 Å². The van der Waals surface area contributed by atoms with Crippen LogP contribution in [0.15, 0.2) is 24.8 Å². The fourth-order valence-electron chi connectivity index (χ4n) is 3.24. The first kappa shape index (κ1) is 22.9. The number of benzene rings is 1. The molecule has 4 unspecified atom stereocenters. The minimum Gasteiger partial charge on any atom is -0.598 e. The van der Waals surface area contributed by atoms with Gasteiger partial charge in [0.2, 0.25) is 0 Å². The summed E-state index contributed by atoms with van der Waals surface area (Å²) in [4.78, 5) is 0. The SMILES string of the molecule is C=CCOc1cc(Cl)c(Cl)cc1C(N[S+]([O-])C(C)(C)C)C1CCNC(C)C1. The van der Waals surface area contributed by atoms with Crippen LogP contribution in [-0.4, -0.2) is 28.5 Å². The van der Waals surface area contributed by atoms with E-state index >= 15 is 0 Å². The zero-order valence-corrected chi connectivity index (χ0v) is 18.8. The van der Waals surface area contributed by atoms with Crippen molar-refractivity contribution in [1.29, 1.82) is 0 Å². The Morgan fingerprint density at radius 1 is 1.41 bits per heavy atom. The average Bonchev–Trinajstić information content (AvgIpc) is 2.59. The zero-order chi connectivity index (χ0) is 20.2. The lowest BCUT2D eigenvalue weighted by Gasteiger charge is -2.37. The molecule has 4 nitrogen and oxygen atoms in total. The molecular formula is C20H30Cl2N2O2S. The quantitative estimate of drug-likeness (QED) is 0.467. The topological polar surface area (TPSA) is 56.3 Å². The van der Waals surface area contributed by atoms with Gasteiger partial charge < -0.3 is 14.6 Å². The molecule has 1 fully saturated rings. The van der Waals surface area contributed by atoms with Crippen molar-refractivity contribution in [2.75, 3.05) is 13.2 Å². The van der Waals surface area contributed by atoms with Gasteiger partial charge in [-0.25, -0.2) is 0 Å². The molecule has 0 spiro atoms. The largest absolute Gasteiger partial charge is 0.598 e. The second kappa shape index (κ2) is 9.86. The van der Waals surface area contributed by atoms with Crippen molar-refractivity contribution < 1.29 is 9.29 Å². The van der Waals surface area contributed by atoms with E-state index in [2.05, 4.69) is 23.5 Å². The van der Waals surface area contributed by atoms with Gasteiger partial charge >= 0.3 is 0 Å². The maximum Gasteiger partial charge on any atom is 0.136 e. The molecule has 0 aliphatic carbocycles. The highest BCUT2D eigenvalue weighted by Gasteiger charge is 2.36. The van der Waals surface area contributed by atoms with Crippen LogP contribution < -0.4 is 14.8 Å². The minimum absolute atomic E-state index is 0.149. The van der Waals surface area contributed by atoms with Crippen LogP contribution in [0.25, 0.3) is 0 Å². The predicted octanol–water partition coefficient (Wildman–Crippen LogP) is 5.04. The normalized spacial score (nSPS) is 22.9. The van der Waals surface area contributed by atoms with Gasteiger partial charge in [-0.05, 0) is 59.1 Å². The number of nitrogens with one attached hydrogen (secondary N) is 2. The summed E-state index contributed by atoms with van der Waals surface area (Å²) in [6.45, 7) is 13.1. The van der Waals surface area contributed by atoms with Crippen molar-refractivity contribution in [3.8, 4) is 5.75 Å². The summed E-state index contributed by atoms with van der Waals surface area (Å²) in [5, 5.41) is 4.38. The molecule has 1 heterocycles. The van der Waals surface area contributed by atoms with Crippen LogP contribution >= 0.6 is 23.2 Å². The molecule has 4 atom stereocenters. The first-order chi connectivity index (χ1) is 12.6. The Bertz CT molecular complexity index is 652. The van der Waals surface area contributed by atoms with Crippen molar-refractivity contribution >= 4 is 34.6 Å². The molecule has 0 amide bonds. The lowest BCUT2D eigenvalue weighted by atomic mass is 9.83. The van der Waals surface area contributed by atoms with Gasteiger partial charge in [0.1, 0.15) is 17.1 Å². The predicted molar refractivity (Wildman–Crippen MR) is 116 cm³/mol. The molecule has 1 aromatic rings. The molecule has 1 aliphatic rings. The van der Waals surface area contributed by atoms with Crippen LogP contribution in [0.5, 0.6) is 5.75 Å². The molecule has 2 N–H and O–H groups in total. The zero-order valence-electron chi connectivity index (χ0n) is 16.5. The van der Waals surface area contributed by atoms with E-state index in [-0.39, 0.29) is 10.8 Å². The van der Waals surface area contributed by atoms with Crippen LogP contribution in [0.3, 0.4) is 0 Å². The van der Waals surface area contributed by atoms with E-state index in [1.807, 2.05) is 26.8 Å². The second-order valence-corrected chi connectivity index (χ2v) is 10.8. The molecule has 0 saturated carbocycles. The molecule has 1 aromatic carbocycles. The molecule has 0 bridgehead atoms. The molecule has 1 saturated heterocycles. The number of rotatable bonds is 7. The third kappa shape index (κ3) is 6.28. The lowest BCUT2D eigenvalue weighted by Crippen LogP contribution is -2.46. The van der Waals surface area contributed by atoms with Gasteiger partial charge in [0.15, 0.2) is 0 Å². The van der Waals surface area contributed by atoms with Crippen LogP contribution in [0.1, 0.15) is 52.1 Å². The fourth-order valence-corrected chi connectivity index (χ4v) is 4.47. The Morgan fingerprint density at radius 2 is 2.07 bits per heavy atom. The van der Waals surface area contributed by atoms with Gasteiger partial charge in [-0.15, -0.1) is 4.72 Å². The maximum absolute atomic E-state index is 12.9. The fraction of sp³-hybridized carbons (Fsp3) is 0.600. The summed E-state index contributed by atoms with van der Waals surface area (Å²) < 4.78 is 21.8. The summed E-state index contributed by atoms with van der Waals surface area (Å²) >= 11 is 11.3. The van der Waals surface area contributed by atoms with Gasteiger partial charge in [-0.2, -0.15) is 0 Å². The van der Waals surface area contributed by atoms with Crippen molar-refractivity contribution in [3.63, 3.8) is 0 Å². The van der Waals surface area contributed by atoms with E-state index in [0.717, 1.165) is 24.9 Å². The maximum atomic E-state index is 12.9. The second-order valence-electron chi connectivity index (χ2n) is 8.02. The Hall–Kier alpha value is -0.430. The number of halogens is 2. The third-order valence-corrected chi connectivity index (χ3v) is 6.97. The Labute approximate surface area is 176 Å². The number of hydrogen-bond donors (Lipinski definition) is 2. The molecule has 7 heteroatoms. The van der Waals surface area contributed by atoms with Crippen molar-refractivity contribution in [3.05, 3.63) is 40.4 Å². The standard InChI is InChI=1S/C20H30Cl2N2O2S/c1-6-9-26-18-12-17(22)16(21)11-15(18)19(24-27(25)20(3,4)5)14-7-8-23-13(2)10-14/h6,11-14,19,23-24H,1,7-10H2,2-5H3. The monoisotopic (exact) mass is 432 g/mol. The van der Waals surface area contributed by atoms with Crippen molar-refractivity contribution in [2.24, 2.45) is 5.92 Å². The van der Waals surface area contributed by atoms with Crippen molar-refractivity contribution in [2.45, 2.75) is 57.4 Å². The van der Waals surface area contributed by atoms with Crippen LogP contribution in [0, 0.1) is 5.92 Å². The first-order valence-corrected chi connectivity index (χ1v) is 11.2. The average molecular weight is 433 g/mol. The van der Waals surface area contributed by atoms with E-state index < -0.39 is 11.4 Å². The van der Waals surface area contributed by atoms with Crippen LogP contribution in [0.2, 0.25) is 10.0 Å².